The average Bonchev–Trinajstić information content (AvgIpc) is 2.43. The second-order valence-electron chi connectivity index (χ2n) is 4.82. The summed E-state index contributed by atoms with van der Waals surface area (Å²) < 4.78 is 26.0. The highest BCUT2D eigenvalue weighted by atomic mass is 32.2. The van der Waals surface area contributed by atoms with Gasteiger partial charge in [0.1, 0.15) is 0 Å². The van der Waals surface area contributed by atoms with Gasteiger partial charge in [0.15, 0.2) is 0 Å². The first kappa shape index (κ1) is 17.2. The Kier molecular flexibility index (Phi) is 6.75. The van der Waals surface area contributed by atoms with Crippen molar-refractivity contribution < 1.29 is 13.5 Å². The summed E-state index contributed by atoms with van der Waals surface area (Å²) in [6, 6.07) is 9.19. The molecular formula is C14H21NO3S2. The van der Waals surface area contributed by atoms with E-state index in [9.17, 15) is 13.5 Å². The van der Waals surface area contributed by atoms with E-state index in [1.165, 1.54) is 6.08 Å². The summed E-state index contributed by atoms with van der Waals surface area (Å²) in [5.41, 5.74) is -0.219. The highest BCUT2D eigenvalue weighted by molar-refractivity contribution is 7.98. The molecule has 0 saturated heterocycles. The molecule has 112 valence electrons. The molecule has 0 heterocycles. The first-order valence-corrected chi connectivity index (χ1v) is 9.23. The second kappa shape index (κ2) is 7.83. The summed E-state index contributed by atoms with van der Waals surface area (Å²) >= 11 is 1.62. The monoisotopic (exact) mass is 315 g/mol. The zero-order valence-electron chi connectivity index (χ0n) is 11.7. The van der Waals surface area contributed by atoms with Crippen molar-refractivity contribution in [1.29, 1.82) is 0 Å². The van der Waals surface area contributed by atoms with Crippen LogP contribution in [0.15, 0.2) is 35.7 Å². The van der Waals surface area contributed by atoms with Gasteiger partial charge in [-0.25, -0.2) is 13.1 Å². The maximum Gasteiger partial charge on any atom is 0.233 e. The number of hydrogen-bond donors (Lipinski definition) is 2. The van der Waals surface area contributed by atoms with Crippen LogP contribution in [0.25, 0.3) is 6.08 Å². The molecule has 0 amide bonds. The largest absolute Gasteiger partial charge is 0.389 e. The number of aliphatic hydroxyl groups is 1. The molecule has 6 heteroatoms. The lowest BCUT2D eigenvalue weighted by Crippen LogP contribution is -2.40. The predicted molar refractivity (Wildman–Crippen MR) is 86.0 cm³/mol. The summed E-state index contributed by atoms with van der Waals surface area (Å²) in [7, 11) is -3.54. The Morgan fingerprint density at radius 1 is 1.35 bits per heavy atom. The van der Waals surface area contributed by atoms with Crippen LogP contribution >= 0.6 is 11.8 Å². The number of nitrogens with one attached hydrogen (secondary N) is 1. The number of benzene rings is 1. The van der Waals surface area contributed by atoms with E-state index in [-0.39, 0.29) is 6.54 Å². The van der Waals surface area contributed by atoms with Crippen LogP contribution in [-0.2, 0) is 10.0 Å². The molecule has 0 fully saturated rings. The quantitative estimate of drug-likeness (QED) is 0.771. The Bertz CT molecular complexity index is 525. The second-order valence-corrected chi connectivity index (χ2v) is 7.46. The number of rotatable bonds is 8. The highest BCUT2D eigenvalue weighted by Crippen LogP contribution is 2.12. The SMILES string of the molecule is CSCC[C@](C)(O)CNS(=O)(=O)/C=C/c1ccccc1. The van der Waals surface area contributed by atoms with Gasteiger partial charge in [0.05, 0.1) is 5.60 Å². The van der Waals surface area contributed by atoms with Crippen molar-refractivity contribution in [3.05, 3.63) is 41.3 Å². The Morgan fingerprint density at radius 3 is 2.60 bits per heavy atom. The molecule has 0 aromatic heterocycles. The minimum Gasteiger partial charge on any atom is -0.389 e. The molecule has 0 aliphatic carbocycles. The summed E-state index contributed by atoms with van der Waals surface area (Å²) in [6.45, 7) is 1.64. The van der Waals surface area contributed by atoms with Gasteiger partial charge in [-0.3, -0.25) is 0 Å². The van der Waals surface area contributed by atoms with E-state index in [1.807, 2.05) is 36.6 Å². The molecular weight excluding hydrogens is 294 g/mol. The van der Waals surface area contributed by atoms with Crippen molar-refractivity contribution >= 4 is 27.9 Å². The van der Waals surface area contributed by atoms with E-state index in [0.29, 0.717) is 6.42 Å². The maximum atomic E-state index is 11.8. The molecule has 0 bridgehead atoms. The van der Waals surface area contributed by atoms with Gasteiger partial charge in [0, 0.05) is 12.0 Å². The van der Waals surface area contributed by atoms with E-state index < -0.39 is 15.6 Å². The van der Waals surface area contributed by atoms with Crippen LogP contribution in [-0.4, -0.2) is 37.7 Å². The molecule has 20 heavy (non-hydrogen) atoms. The summed E-state index contributed by atoms with van der Waals surface area (Å²) in [5.74, 6) is 0.786. The third-order valence-corrected chi connectivity index (χ3v) is 4.39. The van der Waals surface area contributed by atoms with Gasteiger partial charge in [0.25, 0.3) is 0 Å². The van der Waals surface area contributed by atoms with Gasteiger partial charge in [-0.05, 0) is 37.0 Å². The van der Waals surface area contributed by atoms with Crippen LogP contribution < -0.4 is 4.72 Å². The number of hydrogen-bond acceptors (Lipinski definition) is 4. The van der Waals surface area contributed by atoms with Crippen molar-refractivity contribution in [3.63, 3.8) is 0 Å². The molecule has 0 radical (unpaired) electrons. The molecule has 0 aliphatic rings. The molecule has 0 saturated carbocycles. The van der Waals surface area contributed by atoms with Crippen molar-refractivity contribution in [2.75, 3.05) is 18.6 Å². The zero-order valence-corrected chi connectivity index (χ0v) is 13.4. The van der Waals surface area contributed by atoms with E-state index in [2.05, 4.69) is 4.72 Å². The predicted octanol–water partition coefficient (Wildman–Crippen LogP) is 2.08. The van der Waals surface area contributed by atoms with Gasteiger partial charge in [-0.15, -0.1) is 0 Å². The zero-order chi connectivity index (χ0) is 15.1. The van der Waals surface area contributed by atoms with Crippen molar-refractivity contribution in [3.8, 4) is 0 Å². The van der Waals surface area contributed by atoms with Crippen LogP contribution in [0, 0.1) is 0 Å². The van der Waals surface area contributed by atoms with Gasteiger partial charge in [-0.1, -0.05) is 30.3 Å². The first-order chi connectivity index (χ1) is 9.35. The van der Waals surface area contributed by atoms with E-state index >= 15 is 0 Å². The molecule has 1 aromatic carbocycles. The topological polar surface area (TPSA) is 66.4 Å². The average molecular weight is 315 g/mol. The van der Waals surface area contributed by atoms with Gasteiger partial charge in [0.2, 0.25) is 10.0 Å². The Morgan fingerprint density at radius 2 is 2.00 bits per heavy atom. The Hall–Kier alpha value is -0.820. The van der Waals surface area contributed by atoms with Crippen LogP contribution in [0.2, 0.25) is 0 Å². The highest BCUT2D eigenvalue weighted by Gasteiger charge is 2.21. The van der Waals surface area contributed by atoms with Crippen LogP contribution in [0.5, 0.6) is 0 Å². The summed E-state index contributed by atoms with van der Waals surface area (Å²) in [6.07, 6.45) is 4.01. The maximum absolute atomic E-state index is 11.8. The van der Waals surface area contributed by atoms with E-state index in [1.54, 1.807) is 18.7 Å². The van der Waals surface area contributed by atoms with E-state index in [0.717, 1.165) is 16.7 Å². The minimum absolute atomic E-state index is 0.00895. The number of sulfonamides is 1. The Labute approximate surface area is 125 Å². The third-order valence-electron chi connectivity index (χ3n) is 2.74. The van der Waals surface area contributed by atoms with Crippen LogP contribution in [0.3, 0.4) is 0 Å². The van der Waals surface area contributed by atoms with Crippen molar-refractivity contribution in [2.24, 2.45) is 0 Å². The molecule has 2 N–H and O–H groups in total. The summed E-state index contributed by atoms with van der Waals surface area (Å²) in [5, 5.41) is 11.1. The fourth-order valence-electron chi connectivity index (χ4n) is 1.45. The van der Waals surface area contributed by atoms with E-state index in [4.69, 9.17) is 0 Å². The molecule has 1 atom stereocenters. The normalized spacial score (nSPS) is 15.3. The minimum atomic E-state index is -3.54. The smallest absolute Gasteiger partial charge is 0.233 e. The van der Waals surface area contributed by atoms with Crippen LogP contribution in [0.4, 0.5) is 0 Å². The van der Waals surface area contributed by atoms with Crippen LogP contribution in [0.1, 0.15) is 18.9 Å². The molecule has 1 rings (SSSR count). The fourth-order valence-corrected chi connectivity index (χ4v) is 3.04. The molecule has 1 aromatic rings. The van der Waals surface area contributed by atoms with Crippen molar-refractivity contribution in [1.82, 2.24) is 4.72 Å². The third kappa shape index (κ3) is 7.09. The van der Waals surface area contributed by atoms with Crippen molar-refractivity contribution in [2.45, 2.75) is 18.9 Å². The summed E-state index contributed by atoms with van der Waals surface area (Å²) in [4.78, 5) is 0. The molecule has 0 unspecified atom stereocenters. The number of thioether (sulfide) groups is 1. The lowest BCUT2D eigenvalue weighted by Gasteiger charge is -2.22. The standard InChI is InChI=1S/C14H21NO3S2/c1-14(16,9-10-19-2)12-15-20(17,18)11-8-13-6-4-3-5-7-13/h3-8,11,15-16H,9-10,12H2,1-2H3/b11-8+/t14-/m0/s1. The lowest BCUT2D eigenvalue weighted by atomic mass is 10.1. The lowest BCUT2D eigenvalue weighted by molar-refractivity contribution is 0.0627. The van der Waals surface area contributed by atoms with Gasteiger partial charge in [-0.2, -0.15) is 11.8 Å². The Balaban J connectivity index is 2.56. The first-order valence-electron chi connectivity index (χ1n) is 6.29. The molecule has 0 spiro atoms. The van der Waals surface area contributed by atoms with Gasteiger partial charge >= 0.3 is 0 Å². The molecule has 0 aliphatic heterocycles. The van der Waals surface area contributed by atoms with Gasteiger partial charge < -0.3 is 5.11 Å². The molecule has 4 nitrogen and oxygen atoms in total. The fraction of sp³-hybridized carbons (Fsp3) is 0.429.